The lowest BCUT2D eigenvalue weighted by Crippen LogP contribution is -2.41. The third kappa shape index (κ3) is 3.83. The van der Waals surface area contributed by atoms with Crippen molar-refractivity contribution >= 4 is 41.3 Å². The van der Waals surface area contributed by atoms with Crippen LogP contribution in [0.5, 0.6) is 11.5 Å². The average molecular weight is 381 g/mol. The van der Waals surface area contributed by atoms with Crippen LogP contribution in [0, 0.1) is 0 Å². The van der Waals surface area contributed by atoms with Crippen molar-refractivity contribution in [3.8, 4) is 11.5 Å². The van der Waals surface area contributed by atoms with Gasteiger partial charge in [0.1, 0.15) is 22.1 Å². The van der Waals surface area contributed by atoms with E-state index in [4.69, 9.17) is 15.1 Å². The van der Waals surface area contributed by atoms with Gasteiger partial charge in [-0.05, 0) is 23.8 Å². The molecule has 0 spiro atoms. The van der Waals surface area contributed by atoms with Crippen LogP contribution in [0.25, 0.3) is 0 Å². The number of hydrogen-bond donors (Lipinski definition) is 3. The Balaban J connectivity index is 1.70. The molecule has 1 aliphatic heterocycles. The second-order valence-electron chi connectivity index (χ2n) is 5.34. The van der Waals surface area contributed by atoms with Crippen LogP contribution < -0.4 is 15.1 Å². The van der Waals surface area contributed by atoms with Gasteiger partial charge in [-0.25, -0.2) is 4.79 Å². The fraction of sp³-hybridized carbons (Fsp3) is 0.357. The van der Waals surface area contributed by atoms with Gasteiger partial charge in [0.25, 0.3) is 0 Å². The van der Waals surface area contributed by atoms with Crippen LogP contribution in [0.1, 0.15) is 20.9 Å². The maximum absolute atomic E-state index is 11.5. The molecule has 0 unspecified atom stereocenters. The Morgan fingerprint density at radius 1 is 1.56 bits per heavy atom. The summed E-state index contributed by atoms with van der Waals surface area (Å²) in [7, 11) is 0.300. The molecule has 0 saturated heterocycles. The topological polar surface area (TPSA) is 128 Å². The number of hydrogen-bond acceptors (Lipinski definition) is 9. The number of nitrogens with two attached hydrogens (primary N) is 1. The number of aromatic carboxylic acids is 1. The molecular formula is C14H16BN3O5S2. The first-order chi connectivity index (χ1) is 12.0. The van der Waals surface area contributed by atoms with Crippen molar-refractivity contribution in [1.82, 2.24) is 10.2 Å². The molecule has 0 radical (unpaired) electrons. The van der Waals surface area contributed by atoms with Crippen LogP contribution in [-0.2, 0) is 12.8 Å². The summed E-state index contributed by atoms with van der Waals surface area (Å²) in [4.78, 5) is 11.5. The van der Waals surface area contributed by atoms with E-state index >= 15 is 0 Å². The second kappa shape index (κ2) is 7.50. The largest absolute Gasteiger partial charge is 0.536 e. The van der Waals surface area contributed by atoms with Crippen LogP contribution in [0.15, 0.2) is 12.1 Å². The molecule has 2 aromatic rings. The number of nitrogens with zero attached hydrogens (tertiary/aromatic N) is 2. The van der Waals surface area contributed by atoms with Crippen molar-refractivity contribution in [1.29, 1.82) is 0 Å². The summed E-state index contributed by atoms with van der Waals surface area (Å²) in [6, 6.07) is 3.38. The number of aromatic nitrogens is 2. The number of thioether (sulfide) groups is 1. The molecule has 0 fully saturated rings. The van der Waals surface area contributed by atoms with Crippen molar-refractivity contribution in [2.75, 3.05) is 18.6 Å². The molecule has 1 aliphatic rings. The number of carboxylic acids is 1. The minimum Gasteiger partial charge on any atom is -0.534 e. The zero-order valence-electron chi connectivity index (χ0n) is 13.3. The number of carboxylic acid groups (broad SMARTS) is 1. The van der Waals surface area contributed by atoms with E-state index in [9.17, 15) is 14.9 Å². The highest BCUT2D eigenvalue weighted by atomic mass is 32.2. The summed E-state index contributed by atoms with van der Waals surface area (Å²) in [5.41, 5.74) is 6.22. The van der Waals surface area contributed by atoms with Crippen molar-refractivity contribution in [2.24, 2.45) is 0 Å². The van der Waals surface area contributed by atoms with E-state index in [1.807, 2.05) is 0 Å². The van der Waals surface area contributed by atoms with Gasteiger partial charge in [-0.15, -0.1) is 10.2 Å². The molecule has 0 amide bonds. The number of aryl methyl sites for hydroxylation is 1. The van der Waals surface area contributed by atoms with Crippen molar-refractivity contribution in [3.63, 3.8) is 0 Å². The molecule has 0 aliphatic carbocycles. The Morgan fingerprint density at radius 2 is 2.36 bits per heavy atom. The van der Waals surface area contributed by atoms with Gasteiger partial charge < -0.3 is 25.3 Å². The smallest absolute Gasteiger partial charge is 0.534 e. The SMILES string of the molecule is COc1ccc2c(c1C(=O)O)OB(O)[C@@H](SCCc1nnc(N)s1)C2. The Morgan fingerprint density at radius 3 is 3.00 bits per heavy atom. The predicted octanol–water partition coefficient (Wildman–Crippen LogP) is 1.13. The van der Waals surface area contributed by atoms with Crippen LogP contribution in [0.3, 0.4) is 0 Å². The number of rotatable bonds is 6. The highest BCUT2D eigenvalue weighted by Gasteiger charge is 2.38. The number of benzene rings is 1. The van der Waals surface area contributed by atoms with Crippen molar-refractivity contribution in [3.05, 3.63) is 28.3 Å². The summed E-state index contributed by atoms with van der Waals surface area (Å²) < 4.78 is 10.6. The molecule has 3 rings (SSSR count). The molecule has 11 heteroatoms. The molecule has 0 saturated carbocycles. The number of anilines is 1. The lowest BCUT2D eigenvalue weighted by Gasteiger charge is -2.28. The molecule has 1 aromatic heterocycles. The van der Waals surface area contributed by atoms with E-state index in [2.05, 4.69) is 10.2 Å². The fourth-order valence-electron chi connectivity index (χ4n) is 2.60. The number of ether oxygens (including phenoxy) is 1. The summed E-state index contributed by atoms with van der Waals surface area (Å²) in [6.07, 6.45) is 1.20. The quantitative estimate of drug-likeness (QED) is 0.631. The Bertz CT molecular complexity index is 788. The number of nitrogen functional groups attached to an aromatic ring is 1. The molecular weight excluding hydrogens is 365 g/mol. The molecule has 4 N–H and O–H groups in total. The number of fused-ring (bicyclic) bond motifs is 1. The fourth-order valence-corrected chi connectivity index (χ4v) is 4.47. The standard InChI is InChI=1S/C14H16BN3O5S2/c1-22-8-3-2-7-6-9(15(21)23-12(7)11(8)13(19)20)24-5-4-10-17-18-14(16)25-10/h2-3,9,21H,4-6H2,1H3,(H2,16,18)(H,19,20)/t9-/m0/s1. The minimum absolute atomic E-state index is 0.0631. The molecule has 25 heavy (non-hydrogen) atoms. The van der Waals surface area contributed by atoms with Crippen LogP contribution in [0.2, 0.25) is 0 Å². The molecule has 132 valence electrons. The molecule has 2 heterocycles. The highest BCUT2D eigenvalue weighted by Crippen LogP contribution is 2.38. The lowest BCUT2D eigenvalue weighted by molar-refractivity contribution is 0.0690. The van der Waals surface area contributed by atoms with E-state index in [-0.39, 0.29) is 22.2 Å². The van der Waals surface area contributed by atoms with Gasteiger partial charge in [-0.2, -0.15) is 11.8 Å². The molecule has 1 aromatic carbocycles. The van der Waals surface area contributed by atoms with Gasteiger partial charge in [-0.1, -0.05) is 17.4 Å². The maximum atomic E-state index is 11.5. The Hall–Kier alpha value is -1.98. The normalized spacial score (nSPS) is 16.2. The van der Waals surface area contributed by atoms with E-state index in [0.717, 1.165) is 16.3 Å². The summed E-state index contributed by atoms with van der Waals surface area (Å²) in [5.74, 6) is -0.0517. The van der Waals surface area contributed by atoms with Gasteiger partial charge in [-0.3, -0.25) is 0 Å². The number of carbonyl (C=O) groups is 1. The monoisotopic (exact) mass is 381 g/mol. The number of methoxy groups -OCH3 is 1. The predicted molar refractivity (Wildman–Crippen MR) is 96.5 cm³/mol. The summed E-state index contributed by atoms with van der Waals surface area (Å²) in [5, 5.41) is 28.5. The maximum Gasteiger partial charge on any atom is 0.536 e. The van der Waals surface area contributed by atoms with Crippen LogP contribution >= 0.6 is 23.1 Å². The zero-order valence-corrected chi connectivity index (χ0v) is 15.0. The first kappa shape index (κ1) is 17.8. The first-order valence-corrected chi connectivity index (χ1v) is 9.33. The average Bonchev–Trinajstić information content (AvgIpc) is 2.99. The van der Waals surface area contributed by atoms with Gasteiger partial charge in [0.15, 0.2) is 0 Å². The van der Waals surface area contributed by atoms with E-state index in [0.29, 0.717) is 18.0 Å². The summed E-state index contributed by atoms with van der Waals surface area (Å²) in [6.45, 7) is 0. The third-order valence-corrected chi connectivity index (χ3v) is 5.82. The van der Waals surface area contributed by atoms with Crippen molar-refractivity contribution in [2.45, 2.75) is 18.0 Å². The zero-order chi connectivity index (χ0) is 18.0. The second-order valence-corrected chi connectivity index (χ2v) is 7.78. The van der Waals surface area contributed by atoms with Gasteiger partial charge in [0.2, 0.25) is 5.13 Å². The molecule has 1 atom stereocenters. The third-order valence-electron chi connectivity index (χ3n) is 3.74. The highest BCUT2D eigenvalue weighted by molar-refractivity contribution is 8.01. The minimum atomic E-state index is -1.15. The molecule has 8 nitrogen and oxygen atoms in total. The van der Waals surface area contributed by atoms with Crippen molar-refractivity contribution < 1.29 is 24.3 Å². The van der Waals surface area contributed by atoms with E-state index in [1.165, 1.54) is 18.4 Å². The first-order valence-electron chi connectivity index (χ1n) is 7.47. The van der Waals surface area contributed by atoms with Gasteiger partial charge >= 0.3 is 13.1 Å². The van der Waals surface area contributed by atoms with Gasteiger partial charge in [0.05, 0.1) is 12.3 Å². The van der Waals surface area contributed by atoms with E-state index in [1.54, 1.807) is 23.9 Å². The van der Waals surface area contributed by atoms with Crippen LogP contribution in [0.4, 0.5) is 5.13 Å². The Kier molecular flexibility index (Phi) is 5.35. The van der Waals surface area contributed by atoms with Gasteiger partial charge in [0, 0.05) is 6.42 Å². The van der Waals surface area contributed by atoms with Crippen LogP contribution in [-0.4, -0.2) is 51.4 Å². The van der Waals surface area contributed by atoms with E-state index < -0.39 is 13.1 Å². The molecule has 0 bridgehead atoms. The Labute approximate surface area is 152 Å². The lowest BCUT2D eigenvalue weighted by atomic mass is 9.77. The summed E-state index contributed by atoms with van der Waals surface area (Å²) >= 11 is 2.88.